The highest BCUT2D eigenvalue weighted by Crippen LogP contribution is 2.21. The first-order valence-corrected chi connectivity index (χ1v) is 4.91. The van der Waals surface area contributed by atoms with Crippen LogP contribution in [0.1, 0.15) is 5.56 Å². The molecule has 14 heavy (non-hydrogen) atoms. The van der Waals surface area contributed by atoms with Crippen LogP contribution in [0.2, 0.25) is 0 Å². The molecule has 3 heteroatoms. The number of nitrogens with zero attached hydrogens (tertiary/aromatic N) is 1. The Hall–Kier alpha value is -0.900. The minimum absolute atomic E-state index is 0.359. The molecule has 0 amide bonds. The number of hydrogen-bond donors (Lipinski definition) is 2. The van der Waals surface area contributed by atoms with Crippen LogP contribution in [-0.2, 0) is 6.54 Å². The predicted molar refractivity (Wildman–Crippen MR) is 55.7 cm³/mol. The third-order valence-corrected chi connectivity index (χ3v) is 2.66. The molecular weight excluding hydrogens is 176 g/mol. The molecule has 3 nitrogen and oxygen atoms in total. The maximum atomic E-state index is 9.70. The van der Waals surface area contributed by atoms with E-state index in [-0.39, 0.29) is 0 Å². The largest absolute Gasteiger partial charge is 0.386 e. The van der Waals surface area contributed by atoms with Crippen molar-refractivity contribution in [1.82, 2.24) is 4.90 Å². The minimum Gasteiger partial charge on any atom is -0.386 e. The second-order valence-corrected chi connectivity index (χ2v) is 4.06. The molecule has 0 aromatic heterocycles. The Morgan fingerprint density at radius 3 is 2.50 bits per heavy atom. The molecule has 0 aliphatic carbocycles. The summed E-state index contributed by atoms with van der Waals surface area (Å²) in [7, 11) is 0. The zero-order chi connectivity index (χ0) is 10.0. The van der Waals surface area contributed by atoms with Crippen molar-refractivity contribution in [3.63, 3.8) is 0 Å². The van der Waals surface area contributed by atoms with Gasteiger partial charge in [0.1, 0.15) is 5.60 Å². The minimum atomic E-state index is -0.630. The summed E-state index contributed by atoms with van der Waals surface area (Å²) in [5.74, 6) is 0. The van der Waals surface area contributed by atoms with Gasteiger partial charge in [-0.25, -0.2) is 0 Å². The van der Waals surface area contributed by atoms with E-state index in [0.717, 1.165) is 6.54 Å². The van der Waals surface area contributed by atoms with Crippen LogP contribution in [0.4, 0.5) is 0 Å². The number of likely N-dealkylation sites (tertiary alicyclic amines) is 1. The van der Waals surface area contributed by atoms with Crippen molar-refractivity contribution in [2.75, 3.05) is 19.6 Å². The van der Waals surface area contributed by atoms with Crippen LogP contribution in [0.25, 0.3) is 0 Å². The summed E-state index contributed by atoms with van der Waals surface area (Å²) in [4.78, 5) is 2.20. The molecule has 1 aromatic carbocycles. The average molecular weight is 192 g/mol. The standard InChI is InChI=1S/C11H16N2O/c12-7-11(14)8-13(9-11)6-10-4-2-1-3-5-10/h1-5,14H,6-9,12H2. The van der Waals surface area contributed by atoms with E-state index in [1.54, 1.807) is 0 Å². The first-order valence-electron chi connectivity index (χ1n) is 4.91. The van der Waals surface area contributed by atoms with Gasteiger partial charge in [0.15, 0.2) is 0 Å². The van der Waals surface area contributed by atoms with Crippen LogP contribution in [0.3, 0.4) is 0 Å². The van der Waals surface area contributed by atoms with Crippen LogP contribution in [0.15, 0.2) is 30.3 Å². The van der Waals surface area contributed by atoms with Gasteiger partial charge in [-0.3, -0.25) is 4.90 Å². The summed E-state index contributed by atoms with van der Waals surface area (Å²) >= 11 is 0. The molecular formula is C11H16N2O. The highest BCUT2D eigenvalue weighted by molar-refractivity contribution is 5.15. The van der Waals surface area contributed by atoms with Gasteiger partial charge in [-0.2, -0.15) is 0 Å². The third-order valence-electron chi connectivity index (χ3n) is 2.66. The molecule has 1 fully saturated rings. The van der Waals surface area contributed by atoms with Gasteiger partial charge >= 0.3 is 0 Å². The molecule has 0 bridgehead atoms. The number of benzene rings is 1. The fourth-order valence-electron chi connectivity index (χ4n) is 1.87. The predicted octanol–water partition coefficient (Wildman–Crippen LogP) is 0.192. The normalized spacial score (nSPS) is 20.4. The molecule has 1 aromatic rings. The Kier molecular flexibility index (Phi) is 2.54. The molecule has 3 N–H and O–H groups in total. The molecule has 1 aliphatic heterocycles. The van der Waals surface area contributed by atoms with Crippen LogP contribution >= 0.6 is 0 Å². The molecule has 76 valence electrons. The van der Waals surface area contributed by atoms with Gasteiger partial charge in [0.2, 0.25) is 0 Å². The lowest BCUT2D eigenvalue weighted by molar-refractivity contribution is -0.0937. The Labute approximate surface area is 84.1 Å². The topological polar surface area (TPSA) is 49.5 Å². The summed E-state index contributed by atoms with van der Waals surface area (Å²) in [6.45, 7) is 2.65. The lowest BCUT2D eigenvalue weighted by atomic mass is 9.94. The Morgan fingerprint density at radius 2 is 1.93 bits per heavy atom. The van der Waals surface area contributed by atoms with Gasteiger partial charge in [0.25, 0.3) is 0 Å². The van der Waals surface area contributed by atoms with Gasteiger partial charge in [0.05, 0.1) is 0 Å². The summed E-state index contributed by atoms with van der Waals surface area (Å²) < 4.78 is 0. The molecule has 0 radical (unpaired) electrons. The smallest absolute Gasteiger partial charge is 0.102 e. The lowest BCUT2D eigenvalue weighted by Gasteiger charge is -2.45. The van der Waals surface area contributed by atoms with E-state index < -0.39 is 5.60 Å². The van der Waals surface area contributed by atoms with Crippen LogP contribution in [0, 0.1) is 0 Å². The number of hydrogen-bond acceptors (Lipinski definition) is 3. The molecule has 0 saturated carbocycles. The molecule has 2 rings (SSSR count). The van der Waals surface area contributed by atoms with Crippen molar-refractivity contribution >= 4 is 0 Å². The maximum Gasteiger partial charge on any atom is 0.102 e. The monoisotopic (exact) mass is 192 g/mol. The summed E-state index contributed by atoms with van der Waals surface area (Å²) in [5.41, 5.74) is 6.10. The van der Waals surface area contributed by atoms with E-state index in [1.165, 1.54) is 5.56 Å². The Balaban J connectivity index is 1.85. The Morgan fingerprint density at radius 1 is 1.29 bits per heavy atom. The zero-order valence-electron chi connectivity index (χ0n) is 8.19. The van der Waals surface area contributed by atoms with Crippen molar-refractivity contribution in [2.24, 2.45) is 5.73 Å². The number of β-amino-alcohol motifs (C(OH)–C–C–N with tert-alkyl or cyclic N) is 1. The average Bonchev–Trinajstić information content (AvgIpc) is 2.17. The molecule has 0 atom stereocenters. The van der Waals surface area contributed by atoms with Crippen LogP contribution in [0.5, 0.6) is 0 Å². The van der Waals surface area contributed by atoms with Gasteiger partial charge in [-0.15, -0.1) is 0 Å². The van der Waals surface area contributed by atoms with E-state index in [2.05, 4.69) is 17.0 Å². The summed E-state index contributed by atoms with van der Waals surface area (Å²) in [6, 6.07) is 10.3. The van der Waals surface area contributed by atoms with E-state index in [9.17, 15) is 5.11 Å². The van der Waals surface area contributed by atoms with Gasteiger partial charge in [-0.1, -0.05) is 30.3 Å². The first-order chi connectivity index (χ1) is 6.72. The summed E-state index contributed by atoms with van der Waals surface area (Å²) in [6.07, 6.45) is 0. The molecule has 1 saturated heterocycles. The van der Waals surface area contributed by atoms with Gasteiger partial charge in [-0.05, 0) is 5.56 Å². The zero-order valence-corrected chi connectivity index (χ0v) is 8.19. The fraction of sp³-hybridized carbons (Fsp3) is 0.455. The third kappa shape index (κ3) is 1.95. The van der Waals surface area contributed by atoms with E-state index >= 15 is 0 Å². The number of rotatable bonds is 3. The number of nitrogens with two attached hydrogens (primary N) is 1. The van der Waals surface area contributed by atoms with Crippen molar-refractivity contribution in [3.8, 4) is 0 Å². The quantitative estimate of drug-likeness (QED) is 0.719. The molecule has 0 spiro atoms. The van der Waals surface area contributed by atoms with Crippen molar-refractivity contribution in [2.45, 2.75) is 12.1 Å². The molecule has 1 heterocycles. The SMILES string of the molecule is NCC1(O)CN(Cc2ccccc2)C1. The second kappa shape index (κ2) is 3.69. The highest BCUT2D eigenvalue weighted by atomic mass is 16.3. The van der Waals surface area contributed by atoms with Crippen molar-refractivity contribution in [1.29, 1.82) is 0 Å². The lowest BCUT2D eigenvalue weighted by Crippen LogP contribution is -2.64. The maximum absolute atomic E-state index is 9.70. The van der Waals surface area contributed by atoms with Crippen molar-refractivity contribution in [3.05, 3.63) is 35.9 Å². The second-order valence-electron chi connectivity index (χ2n) is 4.06. The van der Waals surface area contributed by atoms with Gasteiger partial charge < -0.3 is 10.8 Å². The number of aliphatic hydroxyl groups is 1. The molecule has 0 unspecified atom stereocenters. The van der Waals surface area contributed by atoms with E-state index in [0.29, 0.717) is 19.6 Å². The van der Waals surface area contributed by atoms with Crippen LogP contribution < -0.4 is 5.73 Å². The van der Waals surface area contributed by atoms with Crippen LogP contribution in [-0.4, -0.2) is 35.2 Å². The van der Waals surface area contributed by atoms with Gasteiger partial charge in [0, 0.05) is 26.2 Å². The van der Waals surface area contributed by atoms with Crippen molar-refractivity contribution < 1.29 is 5.11 Å². The summed E-state index contributed by atoms with van der Waals surface area (Å²) in [5, 5.41) is 9.70. The highest BCUT2D eigenvalue weighted by Gasteiger charge is 2.39. The fourth-order valence-corrected chi connectivity index (χ4v) is 1.87. The Bertz CT molecular complexity index is 293. The van der Waals surface area contributed by atoms with E-state index in [4.69, 9.17) is 5.73 Å². The first kappa shape index (κ1) is 9.65. The molecule has 1 aliphatic rings. The van der Waals surface area contributed by atoms with E-state index in [1.807, 2.05) is 18.2 Å².